The Morgan fingerprint density at radius 2 is 1.70 bits per heavy atom. The van der Waals surface area contributed by atoms with Crippen LogP contribution in [0.2, 0.25) is 0 Å². The van der Waals surface area contributed by atoms with Crippen molar-refractivity contribution in [3.8, 4) is 11.3 Å². The molecule has 2 saturated heterocycles. The molecule has 244 valence electrons. The minimum Gasteiger partial charge on any atom is -0.354 e. The van der Waals surface area contributed by atoms with E-state index in [0.717, 1.165) is 69.1 Å². The molecule has 2 aromatic heterocycles. The number of unbranched alkanes of at least 4 members (excludes halogenated alkanes) is 1. The fourth-order valence-corrected chi connectivity index (χ4v) is 8.54. The summed E-state index contributed by atoms with van der Waals surface area (Å²) in [5, 5.41) is 7.57. The number of aromatic amines is 1. The number of aryl methyl sites for hydroxylation is 3. The van der Waals surface area contributed by atoms with Crippen molar-refractivity contribution in [1.82, 2.24) is 20.2 Å². The van der Waals surface area contributed by atoms with Gasteiger partial charge in [-0.15, -0.1) is 0 Å². The lowest BCUT2D eigenvalue weighted by Gasteiger charge is -2.33. The second-order valence-corrected chi connectivity index (χ2v) is 14.9. The monoisotopic (exact) mass is 626 g/mol. The first-order valence-electron chi connectivity index (χ1n) is 17.8. The van der Waals surface area contributed by atoms with Crippen molar-refractivity contribution in [2.45, 2.75) is 103 Å². The second kappa shape index (κ2) is 12.9. The van der Waals surface area contributed by atoms with Gasteiger partial charge in [0.2, 0.25) is 5.91 Å². The van der Waals surface area contributed by atoms with Crippen molar-refractivity contribution in [3.05, 3.63) is 101 Å². The van der Waals surface area contributed by atoms with Crippen LogP contribution >= 0.6 is 0 Å². The average molecular weight is 627 g/mol. The number of benzene rings is 3. The molecule has 0 aliphatic carbocycles. The van der Waals surface area contributed by atoms with Crippen molar-refractivity contribution in [3.63, 3.8) is 0 Å². The summed E-state index contributed by atoms with van der Waals surface area (Å²) in [6.45, 7) is 12.8. The lowest BCUT2D eigenvalue weighted by atomic mass is 9.81. The number of fused-ring (bicyclic) bond motifs is 4. The van der Waals surface area contributed by atoms with Crippen molar-refractivity contribution in [2.75, 3.05) is 13.1 Å². The number of nitrogens with one attached hydrogen (secondary N) is 2. The Bertz CT molecular complexity index is 1870. The van der Waals surface area contributed by atoms with E-state index in [1.165, 1.54) is 49.7 Å². The summed E-state index contributed by atoms with van der Waals surface area (Å²) in [5.74, 6) is 0.581. The Morgan fingerprint density at radius 3 is 2.45 bits per heavy atom. The molecule has 2 aliphatic heterocycles. The summed E-state index contributed by atoms with van der Waals surface area (Å²) in [7, 11) is 0. The number of rotatable bonds is 11. The summed E-state index contributed by atoms with van der Waals surface area (Å²) in [6.07, 6.45) is 11.9. The highest BCUT2D eigenvalue weighted by Gasteiger charge is 2.47. The van der Waals surface area contributed by atoms with Gasteiger partial charge in [-0.25, -0.2) is 0 Å². The van der Waals surface area contributed by atoms with E-state index in [9.17, 15) is 4.79 Å². The lowest BCUT2D eigenvalue weighted by Crippen LogP contribution is -2.45. The quantitative estimate of drug-likeness (QED) is 0.144. The maximum absolute atomic E-state index is 14.1. The van der Waals surface area contributed by atoms with Gasteiger partial charge in [0.05, 0.1) is 11.1 Å². The van der Waals surface area contributed by atoms with Gasteiger partial charge in [-0.05, 0) is 143 Å². The molecule has 2 N–H and O–H groups in total. The third-order valence-corrected chi connectivity index (χ3v) is 11.1. The highest BCUT2D eigenvalue weighted by Crippen LogP contribution is 2.43. The van der Waals surface area contributed by atoms with Crippen LogP contribution < -0.4 is 5.32 Å². The first-order valence-corrected chi connectivity index (χ1v) is 17.8. The maximum Gasteiger partial charge on any atom is 0.233 e. The van der Waals surface area contributed by atoms with Gasteiger partial charge in [-0.1, -0.05) is 48.4 Å². The van der Waals surface area contributed by atoms with Crippen LogP contribution in [0, 0.1) is 13.8 Å². The molecule has 47 heavy (non-hydrogen) atoms. The maximum atomic E-state index is 14.1. The van der Waals surface area contributed by atoms with Gasteiger partial charge in [0.15, 0.2) is 0 Å². The normalized spacial score (nSPS) is 18.4. The van der Waals surface area contributed by atoms with Crippen molar-refractivity contribution in [1.29, 1.82) is 0 Å². The van der Waals surface area contributed by atoms with Crippen LogP contribution in [0.4, 0.5) is 0 Å². The summed E-state index contributed by atoms with van der Waals surface area (Å²) >= 11 is 0. The van der Waals surface area contributed by atoms with Crippen LogP contribution in [-0.4, -0.2) is 45.9 Å². The predicted octanol–water partition coefficient (Wildman–Crippen LogP) is 9.15. The fraction of sp³-hybridized carbons (Fsp3) is 0.429. The van der Waals surface area contributed by atoms with E-state index in [1.807, 2.05) is 12.4 Å². The molecule has 0 saturated carbocycles. The number of pyridine rings is 1. The van der Waals surface area contributed by atoms with E-state index < -0.39 is 5.41 Å². The Balaban J connectivity index is 1.11. The second-order valence-electron chi connectivity index (χ2n) is 14.9. The SMILES string of the molecule is Cc1cc(C)cc(-c2[nH]c3ccc(C(C)(C)C(=O)N4C5CCC4CC5)cc3c2[C@H](C)CNCCCCc2cccc3cnccc23)c1. The minimum absolute atomic E-state index is 0.286. The molecule has 3 aromatic carbocycles. The molecular formula is C42H50N4O. The van der Waals surface area contributed by atoms with Gasteiger partial charge in [-0.3, -0.25) is 9.78 Å². The van der Waals surface area contributed by atoms with Crippen LogP contribution in [-0.2, 0) is 16.6 Å². The average Bonchev–Trinajstić information content (AvgIpc) is 3.78. The first kappa shape index (κ1) is 31.6. The number of hydrogen-bond acceptors (Lipinski definition) is 3. The number of amides is 1. The molecule has 5 aromatic rings. The molecule has 5 nitrogen and oxygen atoms in total. The Hall–Kier alpha value is -3.96. The molecule has 2 aliphatic rings. The molecule has 0 radical (unpaired) electrons. The number of aromatic nitrogens is 2. The summed E-state index contributed by atoms with van der Waals surface area (Å²) < 4.78 is 0. The van der Waals surface area contributed by atoms with E-state index in [2.05, 4.69) is 115 Å². The minimum atomic E-state index is -0.573. The molecule has 0 spiro atoms. The topological polar surface area (TPSA) is 61.0 Å². The summed E-state index contributed by atoms with van der Waals surface area (Å²) in [6, 6.07) is 23.1. The number of hydrogen-bond donors (Lipinski definition) is 2. The van der Waals surface area contributed by atoms with E-state index in [-0.39, 0.29) is 5.92 Å². The third-order valence-electron chi connectivity index (χ3n) is 11.1. The molecule has 7 rings (SSSR count). The zero-order valence-corrected chi connectivity index (χ0v) is 28.8. The van der Waals surface area contributed by atoms with Crippen LogP contribution in [0.5, 0.6) is 0 Å². The van der Waals surface area contributed by atoms with E-state index in [4.69, 9.17) is 0 Å². The molecule has 1 amide bonds. The molecule has 5 heteroatoms. The molecule has 0 unspecified atom stereocenters. The summed E-state index contributed by atoms with van der Waals surface area (Å²) in [4.78, 5) is 24.4. The van der Waals surface area contributed by atoms with Crippen molar-refractivity contribution >= 4 is 27.6 Å². The van der Waals surface area contributed by atoms with Gasteiger partial charge >= 0.3 is 0 Å². The Labute approximate surface area is 280 Å². The van der Waals surface area contributed by atoms with E-state index in [1.54, 1.807) is 0 Å². The van der Waals surface area contributed by atoms with E-state index >= 15 is 0 Å². The number of nitrogens with zero attached hydrogens (tertiary/aromatic N) is 2. The number of carbonyl (C=O) groups excluding carboxylic acids is 1. The molecule has 1 atom stereocenters. The zero-order valence-electron chi connectivity index (χ0n) is 28.8. The van der Waals surface area contributed by atoms with Gasteiger partial charge in [0.1, 0.15) is 0 Å². The fourth-order valence-electron chi connectivity index (χ4n) is 8.54. The van der Waals surface area contributed by atoms with Crippen LogP contribution in [0.15, 0.2) is 73.1 Å². The largest absolute Gasteiger partial charge is 0.354 e. The smallest absolute Gasteiger partial charge is 0.233 e. The Morgan fingerprint density at radius 1 is 0.957 bits per heavy atom. The number of H-pyrrole nitrogens is 1. The first-order chi connectivity index (χ1) is 22.7. The summed E-state index contributed by atoms with van der Waals surface area (Å²) in [5.41, 5.74) is 9.39. The molecular weight excluding hydrogens is 576 g/mol. The lowest BCUT2D eigenvalue weighted by molar-refractivity contribution is -0.137. The van der Waals surface area contributed by atoms with Gasteiger partial charge in [-0.2, -0.15) is 0 Å². The van der Waals surface area contributed by atoms with Gasteiger partial charge < -0.3 is 15.2 Å². The molecule has 2 fully saturated rings. The van der Waals surface area contributed by atoms with E-state index in [0.29, 0.717) is 18.0 Å². The van der Waals surface area contributed by atoms with Crippen molar-refractivity contribution < 1.29 is 4.79 Å². The highest BCUT2D eigenvalue weighted by molar-refractivity contribution is 5.95. The standard InChI is InChI=1S/C42H50N4O/c1-27-21-28(2)23-32(22-27)40-39(29(3)25-43-19-7-6-9-30-10-8-11-31-26-44-20-18-36(30)31)37-24-33(12-17-38(37)45-40)42(4,5)41(47)46-34-13-14-35(46)16-15-34/h8,10-12,17-18,20-24,26,29,34-35,43,45H,6-7,9,13-16,19,25H2,1-5H3/t29-,34?,35?/m1/s1. The number of carbonyl (C=O) groups is 1. The van der Waals surface area contributed by atoms with Crippen LogP contribution in [0.25, 0.3) is 32.9 Å². The van der Waals surface area contributed by atoms with Crippen molar-refractivity contribution in [2.24, 2.45) is 0 Å². The highest BCUT2D eigenvalue weighted by atomic mass is 16.2. The van der Waals surface area contributed by atoms with Crippen LogP contribution in [0.3, 0.4) is 0 Å². The van der Waals surface area contributed by atoms with Gasteiger partial charge in [0.25, 0.3) is 0 Å². The molecule has 4 heterocycles. The predicted molar refractivity (Wildman–Crippen MR) is 195 cm³/mol. The van der Waals surface area contributed by atoms with Crippen LogP contribution in [0.1, 0.15) is 93.0 Å². The Kier molecular flexibility index (Phi) is 8.69. The zero-order chi connectivity index (χ0) is 32.7. The molecule has 2 bridgehead atoms. The van der Waals surface area contributed by atoms with Gasteiger partial charge in [0, 0.05) is 47.3 Å². The third kappa shape index (κ3) is 6.11.